The molecular formula is C14H13F2N3O. The molecule has 0 spiro atoms. The molecule has 1 aromatic heterocycles. The van der Waals surface area contributed by atoms with Gasteiger partial charge in [0.15, 0.2) is 17.5 Å². The first-order valence-electron chi connectivity index (χ1n) is 6.15. The summed E-state index contributed by atoms with van der Waals surface area (Å²) in [6, 6.07) is 3.75. The second-order valence-electron chi connectivity index (χ2n) is 4.24. The van der Waals surface area contributed by atoms with Crippen molar-refractivity contribution in [2.24, 2.45) is 0 Å². The van der Waals surface area contributed by atoms with Gasteiger partial charge in [0, 0.05) is 18.8 Å². The van der Waals surface area contributed by atoms with Crippen LogP contribution in [0.25, 0.3) is 0 Å². The zero-order valence-corrected chi connectivity index (χ0v) is 10.6. The highest BCUT2D eigenvalue weighted by atomic mass is 19.2. The average molecular weight is 277 g/mol. The summed E-state index contributed by atoms with van der Waals surface area (Å²) in [5.74, 6) is -1.53. The molecule has 104 valence electrons. The lowest BCUT2D eigenvalue weighted by Gasteiger charge is -2.04. The number of hydrogen-bond acceptors (Lipinski definition) is 3. The lowest BCUT2D eigenvalue weighted by atomic mass is 10.1. The lowest BCUT2D eigenvalue weighted by molar-refractivity contribution is -0.116. The number of benzene rings is 1. The van der Waals surface area contributed by atoms with Crippen molar-refractivity contribution < 1.29 is 13.6 Å². The van der Waals surface area contributed by atoms with Crippen LogP contribution in [0.15, 0.2) is 36.8 Å². The van der Waals surface area contributed by atoms with Gasteiger partial charge in [-0.15, -0.1) is 0 Å². The number of nitrogens with one attached hydrogen (secondary N) is 1. The number of carbonyl (C=O) groups is 1. The smallest absolute Gasteiger partial charge is 0.225 e. The third kappa shape index (κ3) is 4.08. The monoisotopic (exact) mass is 277 g/mol. The van der Waals surface area contributed by atoms with Crippen molar-refractivity contribution in [3.05, 3.63) is 54.0 Å². The summed E-state index contributed by atoms with van der Waals surface area (Å²) in [4.78, 5) is 19.4. The molecule has 1 N–H and O–H groups in total. The van der Waals surface area contributed by atoms with Gasteiger partial charge in [-0.05, 0) is 30.5 Å². The van der Waals surface area contributed by atoms with E-state index in [-0.39, 0.29) is 12.3 Å². The van der Waals surface area contributed by atoms with Crippen molar-refractivity contribution in [1.82, 2.24) is 9.97 Å². The van der Waals surface area contributed by atoms with E-state index >= 15 is 0 Å². The van der Waals surface area contributed by atoms with Crippen molar-refractivity contribution in [3.63, 3.8) is 0 Å². The standard InChI is InChI=1S/C14H13F2N3O/c15-11-5-4-10(8-12(11)16)2-1-3-14(20)19-13-9-17-6-7-18-13/h4-9H,1-3H2,(H,18,19,20). The number of anilines is 1. The number of hydrogen-bond donors (Lipinski definition) is 1. The van der Waals surface area contributed by atoms with Crippen molar-refractivity contribution in [2.75, 3.05) is 5.32 Å². The Hall–Kier alpha value is -2.37. The average Bonchev–Trinajstić information content (AvgIpc) is 2.44. The van der Waals surface area contributed by atoms with E-state index in [9.17, 15) is 13.6 Å². The van der Waals surface area contributed by atoms with Gasteiger partial charge >= 0.3 is 0 Å². The van der Waals surface area contributed by atoms with Crippen LogP contribution in [-0.4, -0.2) is 15.9 Å². The highest BCUT2D eigenvalue weighted by Crippen LogP contribution is 2.11. The minimum Gasteiger partial charge on any atom is -0.309 e. The van der Waals surface area contributed by atoms with Gasteiger partial charge < -0.3 is 5.32 Å². The molecule has 6 heteroatoms. The Morgan fingerprint density at radius 3 is 2.75 bits per heavy atom. The third-order valence-corrected chi connectivity index (χ3v) is 2.68. The summed E-state index contributed by atoms with van der Waals surface area (Å²) in [6.45, 7) is 0. The first-order valence-corrected chi connectivity index (χ1v) is 6.15. The molecule has 1 amide bonds. The van der Waals surface area contributed by atoms with Crippen LogP contribution in [0.5, 0.6) is 0 Å². The molecule has 0 unspecified atom stereocenters. The Kier molecular flexibility index (Phi) is 4.70. The fourth-order valence-electron chi connectivity index (χ4n) is 1.72. The number of carbonyl (C=O) groups excluding carboxylic acids is 1. The van der Waals surface area contributed by atoms with Gasteiger partial charge in [0.2, 0.25) is 5.91 Å². The summed E-state index contributed by atoms with van der Waals surface area (Å²) in [7, 11) is 0. The van der Waals surface area contributed by atoms with E-state index in [1.807, 2.05) is 0 Å². The summed E-state index contributed by atoms with van der Waals surface area (Å²) >= 11 is 0. The van der Waals surface area contributed by atoms with Crippen molar-refractivity contribution >= 4 is 11.7 Å². The molecule has 4 nitrogen and oxygen atoms in total. The molecule has 0 radical (unpaired) electrons. The van der Waals surface area contributed by atoms with Gasteiger partial charge in [-0.1, -0.05) is 6.07 Å². The summed E-state index contributed by atoms with van der Waals surface area (Å²) in [6.07, 6.45) is 5.76. The van der Waals surface area contributed by atoms with Gasteiger partial charge in [0.05, 0.1) is 6.20 Å². The predicted molar refractivity (Wildman–Crippen MR) is 70.0 cm³/mol. The first kappa shape index (κ1) is 14.0. The third-order valence-electron chi connectivity index (χ3n) is 2.68. The number of nitrogens with zero attached hydrogens (tertiary/aromatic N) is 2. The second-order valence-corrected chi connectivity index (χ2v) is 4.24. The van der Waals surface area contributed by atoms with Crippen LogP contribution in [0.1, 0.15) is 18.4 Å². The molecule has 1 aromatic carbocycles. The topological polar surface area (TPSA) is 54.9 Å². The van der Waals surface area contributed by atoms with Crippen LogP contribution in [0, 0.1) is 11.6 Å². The first-order chi connectivity index (χ1) is 9.65. The van der Waals surface area contributed by atoms with Gasteiger partial charge in [-0.25, -0.2) is 13.8 Å². The fourth-order valence-corrected chi connectivity index (χ4v) is 1.72. The minimum absolute atomic E-state index is 0.187. The minimum atomic E-state index is -0.869. The highest BCUT2D eigenvalue weighted by molar-refractivity contribution is 5.89. The normalized spacial score (nSPS) is 10.3. The van der Waals surface area contributed by atoms with Gasteiger partial charge in [-0.3, -0.25) is 9.78 Å². The molecule has 0 saturated heterocycles. The SMILES string of the molecule is O=C(CCCc1ccc(F)c(F)c1)Nc1cnccn1. The van der Waals surface area contributed by atoms with E-state index < -0.39 is 11.6 Å². The molecule has 0 aliphatic carbocycles. The number of aromatic nitrogens is 2. The molecule has 0 saturated carbocycles. The summed E-state index contributed by atoms with van der Waals surface area (Å²) in [5.41, 5.74) is 0.663. The van der Waals surface area contributed by atoms with Gasteiger partial charge in [0.1, 0.15) is 0 Å². The number of rotatable bonds is 5. The Morgan fingerprint density at radius 2 is 2.05 bits per heavy atom. The quantitative estimate of drug-likeness (QED) is 0.914. The van der Waals surface area contributed by atoms with Gasteiger partial charge in [0.25, 0.3) is 0 Å². The Balaban J connectivity index is 1.78. The number of halogens is 2. The maximum atomic E-state index is 13.0. The molecule has 0 atom stereocenters. The van der Waals surface area contributed by atoms with E-state index in [4.69, 9.17) is 0 Å². The number of aryl methyl sites for hydroxylation is 1. The van der Waals surface area contributed by atoms with E-state index in [0.717, 1.165) is 12.1 Å². The second kappa shape index (κ2) is 6.70. The van der Waals surface area contributed by atoms with Crippen LogP contribution in [-0.2, 0) is 11.2 Å². The van der Waals surface area contributed by atoms with Crippen molar-refractivity contribution in [1.29, 1.82) is 0 Å². The van der Waals surface area contributed by atoms with Crippen molar-refractivity contribution in [3.8, 4) is 0 Å². The van der Waals surface area contributed by atoms with Crippen LogP contribution < -0.4 is 5.32 Å². The maximum Gasteiger partial charge on any atom is 0.225 e. The van der Waals surface area contributed by atoms with Gasteiger partial charge in [-0.2, -0.15) is 0 Å². The van der Waals surface area contributed by atoms with Crippen molar-refractivity contribution in [2.45, 2.75) is 19.3 Å². The fraction of sp³-hybridized carbons (Fsp3) is 0.214. The van der Waals surface area contributed by atoms with E-state index in [0.29, 0.717) is 24.2 Å². The predicted octanol–water partition coefficient (Wildman–Crippen LogP) is 2.72. The molecule has 1 heterocycles. The summed E-state index contributed by atoms with van der Waals surface area (Å²) < 4.78 is 25.7. The van der Waals surface area contributed by atoms with Crippen LogP contribution in [0.2, 0.25) is 0 Å². The summed E-state index contributed by atoms with van der Waals surface area (Å²) in [5, 5.41) is 2.60. The largest absolute Gasteiger partial charge is 0.309 e. The van der Waals surface area contributed by atoms with Crippen LogP contribution in [0.4, 0.5) is 14.6 Å². The zero-order valence-electron chi connectivity index (χ0n) is 10.6. The van der Waals surface area contributed by atoms with E-state index in [1.54, 1.807) is 0 Å². The highest BCUT2D eigenvalue weighted by Gasteiger charge is 2.05. The molecule has 2 rings (SSSR count). The lowest BCUT2D eigenvalue weighted by Crippen LogP contribution is -2.12. The zero-order chi connectivity index (χ0) is 14.4. The Bertz CT molecular complexity index is 590. The van der Waals surface area contributed by atoms with E-state index in [1.165, 1.54) is 24.7 Å². The maximum absolute atomic E-state index is 13.0. The molecule has 0 fully saturated rings. The molecule has 0 aliphatic rings. The molecular weight excluding hydrogens is 264 g/mol. The Morgan fingerprint density at radius 1 is 1.20 bits per heavy atom. The molecule has 2 aromatic rings. The van der Waals surface area contributed by atoms with E-state index in [2.05, 4.69) is 15.3 Å². The van der Waals surface area contributed by atoms with Crippen LogP contribution >= 0.6 is 0 Å². The Labute approximate surface area is 114 Å². The molecule has 0 bridgehead atoms. The molecule has 0 aliphatic heterocycles. The molecule has 20 heavy (non-hydrogen) atoms. The number of amides is 1. The van der Waals surface area contributed by atoms with Crippen LogP contribution in [0.3, 0.4) is 0 Å².